The van der Waals surface area contributed by atoms with E-state index in [0.29, 0.717) is 0 Å². The standard InChI is InChI=1S/C14H17BrO6S/c1-20-14(17)9-6-11(16)8-12(7-9)21-22(18,19)13-4-2-10(15)3-5-13/h2-5,9,11-12,16H,6-8H2,1H3/t9-,11+,12-/m1/s1. The molecule has 0 heterocycles. The molecule has 1 aliphatic rings. The highest BCUT2D eigenvalue weighted by molar-refractivity contribution is 9.10. The van der Waals surface area contributed by atoms with Crippen molar-refractivity contribution in [3.63, 3.8) is 0 Å². The summed E-state index contributed by atoms with van der Waals surface area (Å²) < 4.78 is 35.1. The molecule has 1 saturated carbocycles. The monoisotopic (exact) mass is 392 g/mol. The summed E-state index contributed by atoms with van der Waals surface area (Å²) in [5.41, 5.74) is 0. The summed E-state index contributed by atoms with van der Waals surface area (Å²) in [6.07, 6.45) is -0.905. The van der Waals surface area contributed by atoms with Gasteiger partial charge in [-0.2, -0.15) is 8.42 Å². The van der Waals surface area contributed by atoms with Crippen LogP contribution in [0, 0.1) is 5.92 Å². The van der Waals surface area contributed by atoms with Gasteiger partial charge in [0.15, 0.2) is 0 Å². The molecule has 0 unspecified atom stereocenters. The lowest BCUT2D eigenvalue weighted by Crippen LogP contribution is -2.36. The molecule has 0 bridgehead atoms. The molecule has 1 aromatic carbocycles. The maximum Gasteiger partial charge on any atom is 0.308 e. The number of methoxy groups -OCH3 is 1. The molecule has 2 rings (SSSR count). The van der Waals surface area contributed by atoms with Gasteiger partial charge in [-0.1, -0.05) is 15.9 Å². The Balaban J connectivity index is 2.11. The van der Waals surface area contributed by atoms with E-state index in [1.165, 1.54) is 19.2 Å². The van der Waals surface area contributed by atoms with Crippen LogP contribution in [0.25, 0.3) is 0 Å². The summed E-state index contributed by atoms with van der Waals surface area (Å²) in [5, 5.41) is 9.81. The first kappa shape index (κ1) is 17.4. The van der Waals surface area contributed by atoms with Crippen LogP contribution in [0.2, 0.25) is 0 Å². The predicted octanol–water partition coefficient (Wildman–Crippen LogP) is 1.86. The van der Waals surface area contributed by atoms with Crippen molar-refractivity contribution in [3.05, 3.63) is 28.7 Å². The van der Waals surface area contributed by atoms with Gasteiger partial charge in [0.25, 0.3) is 10.1 Å². The number of rotatable bonds is 4. The van der Waals surface area contributed by atoms with Crippen LogP contribution in [0.3, 0.4) is 0 Å². The molecule has 6 nitrogen and oxygen atoms in total. The third kappa shape index (κ3) is 4.28. The Kier molecular flexibility index (Phi) is 5.60. The largest absolute Gasteiger partial charge is 0.469 e. The summed E-state index contributed by atoms with van der Waals surface area (Å²) in [5.74, 6) is -1.02. The van der Waals surface area contributed by atoms with Crippen LogP contribution >= 0.6 is 15.9 Å². The Hall–Kier alpha value is -0.960. The maximum absolute atomic E-state index is 12.2. The second-order valence-electron chi connectivity index (χ2n) is 5.21. The zero-order chi connectivity index (χ0) is 16.3. The highest BCUT2D eigenvalue weighted by atomic mass is 79.9. The first-order chi connectivity index (χ1) is 10.3. The summed E-state index contributed by atoms with van der Waals surface area (Å²) in [6.45, 7) is 0. The van der Waals surface area contributed by atoms with E-state index in [1.807, 2.05) is 0 Å². The summed E-state index contributed by atoms with van der Waals surface area (Å²) in [6, 6.07) is 6.05. The number of carbonyl (C=O) groups is 1. The van der Waals surface area contributed by atoms with E-state index in [-0.39, 0.29) is 24.2 Å². The SMILES string of the molecule is COC(=O)[C@@H]1C[C@H](O)C[C@H](OS(=O)(=O)c2ccc(Br)cc2)C1. The van der Waals surface area contributed by atoms with Crippen LogP contribution < -0.4 is 0 Å². The molecule has 1 fully saturated rings. The lowest BCUT2D eigenvalue weighted by molar-refractivity contribution is -0.149. The van der Waals surface area contributed by atoms with Gasteiger partial charge in [-0.15, -0.1) is 0 Å². The van der Waals surface area contributed by atoms with Crippen LogP contribution in [0.15, 0.2) is 33.6 Å². The van der Waals surface area contributed by atoms with Gasteiger partial charge >= 0.3 is 5.97 Å². The van der Waals surface area contributed by atoms with Crippen LogP contribution in [0.1, 0.15) is 19.3 Å². The first-order valence-electron chi connectivity index (χ1n) is 6.76. The average molecular weight is 393 g/mol. The van der Waals surface area contributed by atoms with Gasteiger partial charge in [0.2, 0.25) is 0 Å². The number of aliphatic hydroxyl groups excluding tert-OH is 1. The molecular weight excluding hydrogens is 376 g/mol. The minimum absolute atomic E-state index is 0.0328. The van der Waals surface area contributed by atoms with Crippen molar-refractivity contribution >= 4 is 32.0 Å². The van der Waals surface area contributed by atoms with Crippen molar-refractivity contribution in [1.82, 2.24) is 0 Å². The van der Waals surface area contributed by atoms with Gasteiger partial charge in [0.05, 0.1) is 30.1 Å². The first-order valence-corrected chi connectivity index (χ1v) is 8.96. The van der Waals surface area contributed by atoms with E-state index in [9.17, 15) is 18.3 Å². The summed E-state index contributed by atoms with van der Waals surface area (Å²) in [7, 11) is -2.68. The number of hydrogen-bond donors (Lipinski definition) is 1. The van der Waals surface area contributed by atoms with E-state index in [1.54, 1.807) is 12.1 Å². The fourth-order valence-corrected chi connectivity index (χ4v) is 3.87. The minimum Gasteiger partial charge on any atom is -0.469 e. The van der Waals surface area contributed by atoms with Crippen molar-refractivity contribution < 1.29 is 27.2 Å². The third-order valence-electron chi connectivity index (χ3n) is 3.54. The minimum atomic E-state index is -3.94. The number of halogens is 1. The van der Waals surface area contributed by atoms with Crippen LogP contribution in [0.5, 0.6) is 0 Å². The van der Waals surface area contributed by atoms with Gasteiger partial charge in [0, 0.05) is 10.9 Å². The molecule has 0 spiro atoms. The lowest BCUT2D eigenvalue weighted by Gasteiger charge is -2.30. The zero-order valence-electron chi connectivity index (χ0n) is 11.9. The van der Waals surface area contributed by atoms with Crippen molar-refractivity contribution in [1.29, 1.82) is 0 Å². The number of carbonyl (C=O) groups excluding carboxylic acids is 1. The van der Waals surface area contributed by atoms with Crippen molar-refractivity contribution in [2.24, 2.45) is 5.92 Å². The quantitative estimate of drug-likeness (QED) is 0.621. The number of ether oxygens (including phenoxy) is 1. The van der Waals surface area contributed by atoms with Crippen LogP contribution in [-0.4, -0.2) is 38.8 Å². The van der Waals surface area contributed by atoms with E-state index in [4.69, 9.17) is 4.18 Å². The van der Waals surface area contributed by atoms with Gasteiger partial charge in [-0.25, -0.2) is 0 Å². The Morgan fingerprint density at radius 2 is 1.86 bits per heavy atom. The van der Waals surface area contributed by atoms with Gasteiger partial charge in [-0.05, 0) is 37.1 Å². The van der Waals surface area contributed by atoms with E-state index in [0.717, 1.165) is 4.47 Å². The smallest absolute Gasteiger partial charge is 0.308 e. The molecule has 1 N–H and O–H groups in total. The van der Waals surface area contributed by atoms with Crippen LogP contribution in [0.4, 0.5) is 0 Å². The molecular formula is C14H17BrO6S. The predicted molar refractivity (Wildman–Crippen MR) is 81.6 cm³/mol. The summed E-state index contributed by atoms with van der Waals surface area (Å²) in [4.78, 5) is 11.6. The third-order valence-corrected chi connectivity index (χ3v) is 5.44. The molecule has 22 heavy (non-hydrogen) atoms. The fraction of sp³-hybridized carbons (Fsp3) is 0.500. The molecule has 3 atom stereocenters. The van der Waals surface area contributed by atoms with E-state index >= 15 is 0 Å². The normalized spacial score (nSPS) is 25.7. The molecule has 0 saturated heterocycles. The maximum atomic E-state index is 12.2. The fourth-order valence-electron chi connectivity index (χ4n) is 2.51. The second-order valence-corrected chi connectivity index (χ2v) is 7.70. The molecule has 0 aromatic heterocycles. The Morgan fingerprint density at radius 3 is 2.45 bits per heavy atom. The zero-order valence-corrected chi connectivity index (χ0v) is 14.3. The number of benzene rings is 1. The second kappa shape index (κ2) is 7.08. The van der Waals surface area contributed by atoms with Gasteiger partial charge < -0.3 is 9.84 Å². The number of esters is 1. The van der Waals surface area contributed by atoms with E-state index < -0.39 is 34.2 Å². The topological polar surface area (TPSA) is 89.9 Å². The highest BCUT2D eigenvalue weighted by Gasteiger charge is 2.35. The molecule has 8 heteroatoms. The van der Waals surface area contributed by atoms with Gasteiger partial charge in [0.1, 0.15) is 0 Å². The molecule has 0 amide bonds. The van der Waals surface area contributed by atoms with Crippen LogP contribution in [-0.2, 0) is 23.8 Å². The van der Waals surface area contributed by atoms with Gasteiger partial charge in [-0.3, -0.25) is 8.98 Å². The van der Waals surface area contributed by atoms with Crippen molar-refractivity contribution in [3.8, 4) is 0 Å². The van der Waals surface area contributed by atoms with E-state index in [2.05, 4.69) is 20.7 Å². The average Bonchev–Trinajstić information content (AvgIpc) is 2.45. The molecule has 122 valence electrons. The Labute approximate surface area is 137 Å². The molecule has 1 aromatic rings. The number of hydrogen-bond acceptors (Lipinski definition) is 6. The Morgan fingerprint density at radius 1 is 1.23 bits per heavy atom. The highest BCUT2D eigenvalue weighted by Crippen LogP contribution is 2.30. The Bertz CT molecular complexity index is 627. The van der Waals surface area contributed by atoms with Crippen molar-refractivity contribution in [2.45, 2.75) is 36.4 Å². The van der Waals surface area contributed by atoms with Crippen molar-refractivity contribution in [2.75, 3.05) is 7.11 Å². The summed E-state index contributed by atoms with van der Waals surface area (Å²) >= 11 is 3.23. The lowest BCUT2D eigenvalue weighted by atomic mass is 9.85. The molecule has 1 aliphatic carbocycles. The molecule has 0 aliphatic heterocycles. The molecule has 0 radical (unpaired) electrons. The number of aliphatic hydroxyl groups is 1.